The molecule has 1 N–H and O–H groups in total. The van der Waals surface area contributed by atoms with Crippen molar-refractivity contribution in [1.29, 1.82) is 0 Å². The summed E-state index contributed by atoms with van der Waals surface area (Å²) in [6.45, 7) is 3.23. The van der Waals surface area contributed by atoms with Crippen molar-refractivity contribution in [3.8, 4) is 0 Å². The summed E-state index contributed by atoms with van der Waals surface area (Å²) in [5.41, 5.74) is 1.65. The Hall–Kier alpha value is -1.64. The third-order valence-electron chi connectivity index (χ3n) is 2.16. The molecular weight excluding hydrogens is 183 g/mol. The first kappa shape index (κ1) is 10.4. The Morgan fingerprint density at radius 1 is 1.21 bits per heavy atom. The van der Waals surface area contributed by atoms with Crippen LogP contribution in [0.25, 0.3) is 5.57 Å². The van der Waals surface area contributed by atoms with Crippen molar-refractivity contribution in [2.75, 3.05) is 0 Å². The summed E-state index contributed by atoms with van der Waals surface area (Å²) < 4.78 is 12.6. The fourth-order valence-electron chi connectivity index (χ4n) is 1.08. The van der Waals surface area contributed by atoms with Gasteiger partial charge in [-0.15, -0.1) is 0 Å². The van der Waals surface area contributed by atoms with Crippen LogP contribution in [0.3, 0.4) is 0 Å². The molecule has 0 spiro atoms. The number of hydrogen-bond acceptors (Lipinski definition) is 1. The molecule has 0 aliphatic heterocycles. The van der Waals surface area contributed by atoms with Gasteiger partial charge in [0, 0.05) is 5.57 Å². The van der Waals surface area contributed by atoms with Gasteiger partial charge in [-0.2, -0.15) is 0 Å². The van der Waals surface area contributed by atoms with Gasteiger partial charge in [-0.05, 0) is 37.1 Å². The summed E-state index contributed by atoms with van der Waals surface area (Å²) in [5, 5.41) is 8.74. The molecule has 3 heteroatoms. The molecule has 0 aliphatic rings. The van der Waals surface area contributed by atoms with Gasteiger partial charge in [-0.1, -0.05) is 12.1 Å². The number of carboxylic acids is 1. The summed E-state index contributed by atoms with van der Waals surface area (Å²) in [5.74, 6) is -1.28. The third kappa shape index (κ3) is 2.19. The lowest BCUT2D eigenvalue weighted by Gasteiger charge is -2.03. The van der Waals surface area contributed by atoms with Crippen LogP contribution < -0.4 is 0 Å². The Labute approximate surface area is 81.7 Å². The molecule has 0 radical (unpaired) electrons. The fraction of sp³-hybridized carbons (Fsp3) is 0.182. The van der Waals surface area contributed by atoms with Crippen LogP contribution in [0.4, 0.5) is 4.39 Å². The number of benzene rings is 1. The van der Waals surface area contributed by atoms with Crippen molar-refractivity contribution in [1.82, 2.24) is 0 Å². The average Bonchev–Trinajstić information content (AvgIpc) is 2.16. The lowest BCUT2D eigenvalue weighted by atomic mass is 10.0. The molecule has 0 fully saturated rings. The van der Waals surface area contributed by atoms with Gasteiger partial charge in [0.2, 0.25) is 0 Å². The molecule has 0 saturated heterocycles. The maximum absolute atomic E-state index is 12.6. The van der Waals surface area contributed by atoms with Crippen LogP contribution in [-0.4, -0.2) is 11.1 Å². The standard InChI is InChI=1S/C11H11FO2/c1-7(8(2)11(13)14)9-3-5-10(12)6-4-9/h3-6H,1-2H3,(H,13,14)/b8-7+. The van der Waals surface area contributed by atoms with Crippen molar-refractivity contribution < 1.29 is 14.3 Å². The highest BCUT2D eigenvalue weighted by Gasteiger charge is 2.06. The molecule has 1 aromatic carbocycles. The van der Waals surface area contributed by atoms with Crippen molar-refractivity contribution >= 4 is 11.5 Å². The molecule has 0 atom stereocenters. The van der Waals surface area contributed by atoms with Gasteiger partial charge in [0.1, 0.15) is 5.82 Å². The van der Waals surface area contributed by atoms with Gasteiger partial charge in [-0.25, -0.2) is 9.18 Å². The van der Waals surface area contributed by atoms with Crippen LogP contribution in [0.2, 0.25) is 0 Å². The SMILES string of the molecule is C/C(C(=O)O)=C(/C)c1ccc(F)cc1. The van der Waals surface area contributed by atoms with Crippen molar-refractivity contribution in [3.63, 3.8) is 0 Å². The van der Waals surface area contributed by atoms with E-state index in [0.29, 0.717) is 5.57 Å². The predicted octanol–water partition coefficient (Wildman–Crippen LogP) is 2.70. The summed E-state index contributed by atoms with van der Waals surface area (Å²) in [6.07, 6.45) is 0. The van der Waals surface area contributed by atoms with Gasteiger partial charge in [0.25, 0.3) is 0 Å². The van der Waals surface area contributed by atoms with Gasteiger partial charge >= 0.3 is 5.97 Å². The summed E-state index contributed by atoms with van der Waals surface area (Å²) in [4.78, 5) is 10.6. The Balaban J connectivity index is 3.12. The maximum atomic E-state index is 12.6. The average molecular weight is 194 g/mol. The minimum atomic E-state index is -0.952. The van der Waals surface area contributed by atoms with Gasteiger partial charge < -0.3 is 5.11 Å². The van der Waals surface area contributed by atoms with E-state index >= 15 is 0 Å². The van der Waals surface area contributed by atoms with Gasteiger partial charge in [0.05, 0.1) is 0 Å². The van der Waals surface area contributed by atoms with Crippen LogP contribution in [0.5, 0.6) is 0 Å². The molecule has 0 unspecified atom stereocenters. The second kappa shape index (κ2) is 4.05. The minimum Gasteiger partial charge on any atom is -0.478 e. The highest BCUT2D eigenvalue weighted by Crippen LogP contribution is 2.18. The minimum absolute atomic E-state index is 0.275. The molecule has 0 heterocycles. The second-order valence-electron chi connectivity index (χ2n) is 3.06. The second-order valence-corrected chi connectivity index (χ2v) is 3.06. The number of halogens is 1. The lowest BCUT2D eigenvalue weighted by Crippen LogP contribution is -1.99. The van der Waals surface area contributed by atoms with Gasteiger partial charge in [-0.3, -0.25) is 0 Å². The summed E-state index contributed by atoms with van der Waals surface area (Å²) in [6, 6.07) is 5.76. The molecule has 0 amide bonds. The molecule has 2 nitrogen and oxygen atoms in total. The molecule has 0 aliphatic carbocycles. The fourth-order valence-corrected chi connectivity index (χ4v) is 1.08. The van der Waals surface area contributed by atoms with E-state index in [2.05, 4.69) is 0 Å². The molecule has 14 heavy (non-hydrogen) atoms. The first-order chi connectivity index (χ1) is 6.52. The van der Waals surface area contributed by atoms with Crippen LogP contribution in [-0.2, 0) is 4.79 Å². The van der Waals surface area contributed by atoms with Crippen molar-refractivity contribution in [3.05, 3.63) is 41.2 Å². The molecule has 1 aromatic rings. The first-order valence-electron chi connectivity index (χ1n) is 4.19. The Morgan fingerprint density at radius 3 is 2.14 bits per heavy atom. The van der Waals surface area contributed by atoms with E-state index in [1.165, 1.54) is 19.1 Å². The zero-order chi connectivity index (χ0) is 10.7. The zero-order valence-electron chi connectivity index (χ0n) is 8.04. The molecule has 0 saturated carbocycles. The zero-order valence-corrected chi connectivity index (χ0v) is 8.04. The normalized spacial score (nSPS) is 12.2. The monoisotopic (exact) mass is 194 g/mol. The van der Waals surface area contributed by atoms with E-state index in [0.717, 1.165) is 5.56 Å². The van der Waals surface area contributed by atoms with Crippen LogP contribution >= 0.6 is 0 Å². The third-order valence-corrected chi connectivity index (χ3v) is 2.16. The highest BCUT2D eigenvalue weighted by atomic mass is 19.1. The Kier molecular flexibility index (Phi) is 3.02. The number of rotatable bonds is 2. The number of hydrogen-bond donors (Lipinski definition) is 1. The molecule has 0 aromatic heterocycles. The van der Waals surface area contributed by atoms with E-state index in [4.69, 9.17) is 5.11 Å². The van der Waals surface area contributed by atoms with Crippen LogP contribution in [0, 0.1) is 5.82 Å². The highest BCUT2D eigenvalue weighted by molar-refractivity contribution is 5.95. The number of carboxylic acid groups (broad SMARTS) is 1. The Bertz CT molecular complexity index is 377. The first-order valence-corrected chi connectivity index (χ1v) is 4.19. The number of aliphatic carboxylic acids is 1. The van der Waals surface area contributed by atoms with E-state index in [1.807, 2.05) is 0 Å². The topological polar surface area (TPSA) is 37.3 Å². The van der Waals surface area contributed by atoms with E-state index in [1.54, 1.807) is 19.1 Å². The molecular formula is C11H11FO2. The summed E-state index contributed by atoms with van der Waals surface area (Å²) in [7, 11) is 0. The number of carbonyl (C=O) groups is 1. The van der Waals surface area contributed by atoms with Crippen molar-refractivity contribution in [2.24, 2.45) is 0 Å². The predicted molar refractivity (Wildman–Crippen MR) is 52.3 cm³/mol. The van der Waals surface area contributed by atoms with E-state index in [9.17, 15) is 9.18 Å². The number of allylic oxidation sites excluding steroid dienone is 1. The van der Waals surface area contributed by atoms with Gasteiger partial charge in [0.15, 0.2) is 0 Å². The summed E-state index contributed by atoms with van der Waals surface area (Å²) >= 11 is 0. The molecule has 74 valence electrons. The quantitative estimate of drug-likeness (QED) is 0.735. The largest absolute Gasteiger partial charge is 0.478 e. The van der Waals surface area contributed by atoms with E-state index < -0.39 is 5.97 Å². The van der Waals surface area contributed by atoms with Crippen molar-refractivity contribution in [2.45, 2.75) is 13.8 Å². The smallest absolute Gasteiger partial charge is 0.331 e. The van der Waals surface area contributed by atoms with Crippen LogP contribution in [0.1, 0.15) is 19.4 Å². The lowest BCUT2D eigenvalue weighted by molar-refractivity contribution is -0.132. The van der Waals surface area contributed by atoms with E-state index in [-0.39, 0.29) is 11.4 Å². The molecule has 1 rings (SSSR count). The molecule has 0 bridgehead atoms. The maximum Gasteiger partial charge on any atom is 0.331 e. The van der Waals surface area contributed by atoms with Crippen LogP contribution in [0.15, 0.2) is 29.8 Å². The Morgan fingerprint density at radius 2 is 1.71 bits per heavy atom.